The number of nitrogens with one attached hydrogen (secondary N) is 3. The lowest BCUT2D eigenvalue weighted by molar-refractivity contribution is -0.120. The van der Waals surface area contributed by atoms with Crippen LogP contribution >= 0.6 is 0 Å². The van der Waals surface area contributed by atoms with E-state index in [1.54, 1.807) is 19.1 Å². The topological polar surface area (TPSA) is 104 Å². The van der Waals surface area contributed by atoms with Crippen LogP contribution < -0.4 is 15.4 Å². The van der Waals surface area contributed by atoms with Crippen LogP contribution in [0.15, 0.2) is 47.4 Å². The predicted molar refractivity (Wildman–Crippen MR) is 109 cm³/mol. The van der Waals surface area contributed by atoms with Gasteiger partial charge in [-0.1, -0.05) is 12.1 Å². The van der Waals surface area contributed by atoms with Gasteiger partial charge in [-0.05, 0) is 69.2 Å². The molecule has 2 rings (SSSR count). The van der Waals surface area contributed by atoms with E-state index >= 15 is 0 Å². The standard InChI is InChI=1S/C20H25N3O4S/c1-13(2)22-19(24)12-21-20(25)16-7-9-17(10-8-16)23-28(26,27)18-11-14(3)5-6-15(18)4/h5-11,13,23H,12H2,1-4H3,(H,21,25)(H,22,24). The van der Waals surface area contributed by atoms with Gasteiger partial charge in [-0.2, -0.15) is 0 Å². The highest BCUT2D eigenvalue weighted by atomic mass is 32.2. The molecule has 0 unspecified atom stereocenters. The number of anilines is 1. The average Bonchev–Trinajstić information content (AvgIpc) is 2.61. The van der Waals surface area contributed by atoms with Crippen molar-refractivity contribution in [1.29, 1.82) is 0 Å². The van der Waals surface area contributed by atoms with Crippen molar-refractivity contribution in [3.05, 3.63) is 59.2 Å². The molecular weight excluding hydrogens is 378 g/mol. The molecule has 28 heavy (non-hydrogen) atoms. The lowest BCUT2D eigenvalue weighted by Crippen LogP contribution is -2.39. The number of benzene rings is 2. The maximum Gasteiger partial charge on any atom is 0.262 e. The summed E-state index contributed by atoms with van der Waals surface area (Å²) in [6.45, 7) is 7.09. The molecule has 0 aliphatic carbocycles. The van der Waals surface area contributed by atoms with E-state index in [-0.39, 0.29) is 23.4 Å². The van der Waals surface area contributed by atoms with Gasteiger partial charge in [-0.25, -0.2) is 8.42 Å². The minimum atomic E-state index is -3.74. The molecule has 7 nitrogen and oxygen atoms in total. The second-order valence-corrected chi connectivity index (χ2v) is 8.51. The van der Waals surface area contributed by atoms with E-state index in [0.29, 0.717) is 16.8 Å². The van der Waals surface area contributed by atoms with E-state index in [1.807, 2.05) is 26.8 Å². The Labute approximate surface area is 165 Å². The van der Waals surface area contributed by atoms with Crippen LogP contribution in [0.25, 0.3) is 0 Å². The Morgan fingerprint density at radius 1 is 1.00 bits per heavy atom. The summed E-state index contributed by atoms with van der Waals surface area (Å²) < 4.78 is 27.8. The monoisotopic (exact) mass is 403 g/mol. The Balaban J connectivity index is 2.05. The van der Waals surface area contributed by atoms with Crippen LogP contribution in [0.4, 0.5) is 5.69 Å². The van der Waals surface area contributed by atoms with Crippen molar-refractivity contribution >= 4 is 27.5 Å². The molecule has 0 aliphatic heterocycles. The highest BCUT2D eigenvalue weighted by Crippen LogP contribution is 2.21. The van der Waals surface area contributed by atoms with Crippen molar-refractivity contribution in [3.63, 3.8) is 0 Å². The predicted octanol–water partition coefficient (Wildman–Crippen LogP) is 2.36. The Morgan fingerprint density at radius 2 is 1.64 bits per heavy atom. The fourth-order valence-corrected chi connectivity index (χ4v) is 3.92. The second-order valence-electron chi connectivity index (χ2n) is 6.86. The van der Waals surface area contributed by atoms with Gasteiger partial charge in [-0.3, -0.25) is 14.3 Å². The number of hydrogen-bond acceptors (Lipinski definition) is 4. The normalized spacial score (nSPS) is 11.2. The van der Waals surface area contributed by atoms with Crippen molar-refractivity contribution in [2.45, 2.75) is 38.6 Å². The van der Waals surface area contributed by atoms with Crippen LogP contribution in [0, 0.1) is 13.8 Å². The van der Waals surface area contributed by atoms with Crippen LogP contribution in [0.5, 0.6) is 0 Å². The van der Waals surface area contributed by atoms with Gasteiger partial charge in [0.25, 0.3) is 15.9 Å². The van der Waals surface area contributed by atoms with E-state index in [9.17, 15) is 18.0 Å². The highest BCUT2D eigenvalue weighted by Gasteiger charge is 2.17. The second kappa shape index (κ2) is 8.88. The van der Waals surface area contributed by atoms with Crippen molar-refractivity contribution in [2.75, 3.05) is 11.3 Å². The van der Waals surface area contributed by atoms with Crippen molar-refractivity contribution < 1.29 is 18.0 Å². The third-order valence-electron chi connectivity index (χ3n) is 3.89. The summed E-state index contributed by atoms with van der Waals surface area (Å²) in [7, 11) is -3.74. The fraction of sp³-hybridized carbons (Fsp3) is 0.300. The average molecular weight is 404 g/mol. The first-order chi connectivity index (χ1) is 13.1. The first-order valence-corrected chi connectivity index (χ1v) is 10.3. The highest BCUT2D eigenvalue weighted by molar-refractivity contribution is 7.92. The molecule has 0 aliphatic rings. The summed E-state index contributed by atoms with van der Waals surface area (Å²) in [4.78, 5) is 23.9. The molecule has 0 saturated carbocycles. The Hall–Kier alpha value is -2.87. The van der Waals surface area contributed by atoms with Gasteiger partial charge in [0.2, 0.25) is 5.91 Å². The van der Waals surface area contributed by atoms with Crippen molar-refractivity contribution in [1.82, 2.24) is 10.6 Å². The molecular formula is C20H25N3O4S. The lowest BCUT2D eigenvalue weighted by Gasteiger charge is -2.12. The molecule has 0 aromatic heterocycles. The zero-order chi connectivity index (χ0) is 20.9. The van der Waals surface area contributed by atoms with Gasteiger partial charge in [0.1, 0.15) is 0 Å². The maximum absolute atomic E-state index is 12.6. The first-order valence-electron chi connectivity index (χ1n) is 8.86. The summed E-state index contributed by atoms with van der Waals surface area (Å²) in [6.07, 6.45) is 0. The van der Waals surface area contributed by atoms with Crippen LogP contribution in [0.3, 0.4) is 0 Å². The zero-order valence-corrected chi connectivity index (χ0v) is 17.2. The third-order valence-corrected chi connectivity index (χ3v) is 5.41. The number of carbonyl (C=O) groups is 2. The van der Waals surface area contributed by atoms with Crippen molar-refractivity contribution in [3.8, 4) is 0 Å². The molecule has 0 spiro atoms. The molecule has 150 valence electrons. The minimum absolute atomic E-state index is 0.00579. The van der Waals surface area contributed by atoms with Crippen LogP contribution in [-0.2, 0) is 14.8 Å². The Morgan fingerprint density at radius 3 is 2.25 bits per heavy atom. The van der Waals surface area contributed by atoms with Gasteiger partial charge in [0, 0.05) is 17.3 Å². The van der Waals surface area contributed by atoms with E-state index in [1.165, 1.54) is 24.3 Å². The molecule has 0 saturated heterocycles. The number of sulfonamides is 1. The van der Waals surface area contributed by atoms with Gasteiger partial charge < -0.3 is 10.6 Å². The summed E-state index contributed by atoms with van der Waals surface area (Å²) in [5.41, 5.74) is 2.16. The maximum atomic E-state index is 12.6. The number of amides is 2. The minimum Gasteiger partial charge on any atom is -0.352 e. The molecule has 3 N–H and O–H groups in total. The quantitative estimate of drug-likeness (QED) is 0.660. The molecule has 0 radical (unpaired) electrons. The molecule has 0 bridgehead atoms. The van der Waals surface area contributed by atoms with Crippen LogP contribution in [0.1, 0.15) is 35.3 Å². The van der Waals surface area contributed by atoms with Crippen molar-refractivity contribution in [2.24, 2.45) is 0 Å². The van der Waals surface area contributed by atoms with E-state index in [0.717, 1.165) is 5.56 Å². The molecule has 2 aromatic carbocycles. The van der Waals surface area contributed by atoms with Crippen LogP contribution in [-0.4, -0.2) is 32.8 Å². The SMILES string of the molecule is Cc1ccc(C)c(S(=O)(=O)Nc2ccc(C(=O)NCC(=O)NC(C)C)cc2)c1. The van der Waals surface area contributed by atoms with Gasteiger partial charge in [-0.15, -0.1) is 0 Å². The Bertz CT molecular complexity index is 967. The molecule has 0 atom stereocenters. The van der Waals surface area contributed by atoms with Crippen LogP contribution in [0.2, 0.25) is 0 Å². The number of rotatable bonds is 7. The summed E-state index contributed by atoms with van der Waals surface area (Å²) in [5, 5.41) is 5.20. The smallest absolute Gasteiger partial charge is 0.262 e. The molecule has 2 aromatic rings. The fourth-order valence-electron chi connectivity index (χ4n) is 2.53. The summed E-state index contributed by atoms with van der Waals surface area (Å²) in [5.74, 6) is -0.691. The third kappa shape index (κ3) is 5.82. The first kappa shape index (κ1) is 21.4. The number of aryl methyl sites for hydroxylation is 2. The summed E-state index contributed by atoms with van der Waals surface area (Å²) in [6, 6.07) is 11.2. The van der Waals surface area contributed by atoms with E-state index in [2.05, 4.69) is 15.4 Å². The van der Waals surface area contributed by atoms with E-state index in [4.69, 9.17) is 0 Å². The van der Waals surface area contributed by atoms with Gasteiger partial charge in [0.05, 0.1) is 11.4 Å². The molecule has 0 fully saturated rings. The van der Waals surface area contributed by atoms with Gasteiger partial charge >= 0.3 is 0 Å². The number of carbonyl (C=O) groups excluding carboxylic acids is 2. The zero-order valence-electron chi connectivity index (χ0n) is 16.4. The molecule has 2 amide bonds. The Kier molecular flexibility index (Phi) is 6.80. The van der Waals surface area contributed by atoms with E-state index < -0.39 is 15.9 Å². The largest absolute Gasteiger partial charge is 0.352 e. The lowest BCUT2D eigenvalue weighted by atomic mass is 10.2. The number of hydrogen-bond donors (Lipinski definition) is 3. The molecule has 0 heterocycles. The van der Waals surface area contributed by atoms with Gasteiger partial charge in [0.15, 0.2) is 0 Å². The summed E-state index contributed by atoms with van der Waals surface area (Å²) >= 11 is 0. The molecule has 8 heteroatoms.